The molecule has 0 saturated carbocycles. The fourth-order valence-corrected chi connectivity index (χ4v) is 2.97. The van der Waals surface area contributed by atoms with Crippen molar-refractivity contribution in [1.29, 1.82) is 0 Å². The molecule has 27 heavy (non-hydrogen) atoms. The lowest BCUT2D eigenvalue weighted by Gasteiger charge is -2.23. The fourth-order valence-electron chi connectivity index (χ4n) is 2.97. The normalized spacial score (nSPS) is 12.8. The maximum Gasteiger partial charge on any atom is 0.261 e. The van der Waals surface area contributed by atoms with Gasteiger partial charge in [-0.1, -0.05) is 32.0 Å². The third-order valence-electron chi connectivity index (χ3n) is 4.53. The number of amides is 1. The van der Waals surface area contributed by atoms with Crippen LogP contribution in [-0.2, 0) is 4.79 Å². The van der Waals surface area contributed by atoms with E-state index in [1.165, 1.54) is 0 Å². The van der Waals surface area contributed by atoms with Gasteiger partial charge in [-0.15, -0.1) is 0 Å². The second-order valence-corrected chi connectivity index (χ2v) is 6.39. The lowest BCUT2D eigenvalue weighted by molar-refractivity contribution is -0.129. The summed E-state index contributed by atoms with van der Waals surface area (Å²) in [7, 11) is 3.26. The second-order valence-electron chi connectivity index (χ2n) is 6.39. The number of hydrogen-bond donors (Lipinski definition) is 1. The van der Waals surface area contributed by atoms with Crippen LogP contribution in [0.5, 0.6) is 17.2 Å². The first-order valence-electron chi connectivity index (χ1n) is 9.27. The highest BCUT2D eigenvalue weighted by atomic mass is 16.5. The van der Waals surface area contributed by atoms with Crippen molar-refractivity contribution in [2.45, 2.75) is 45.8 Å². The first-order chi connectivity index (χ1) is 13.0. The van der Waals surface area contributed by atoms with Crippen molar-refractivity contribution < 1.29 is 19.0 Å². The minimum atomic E-state index is -0.564. The molecule has 5 nitrogen and oxygen atoms in total. The van der Waals surface area contributed by atoms with Gasteiger partial charge < -0.3 is 19.5 Å². The van der Waals surface area contributed by atoms with Crippen molar-refractivity contribution in [2.75, 3.05) is 14.2 Å². The topological polar surface area (TPSA) is 56.8 Å². The van der Waals surface area contributed by atoms with Gasteiger partial charge in [0.25, 0.3) is 5.91 Å². The van der Waals surface area contributed by atoms with Gasteiger partial charge in [-0.25, -0.2) is 0 Å². The number of methoxy groups -OCH3 is 2. The molecule has 0 heterocycles. The smallest absolute Gasteiger partial charge is 0.261 e. The molecule has 5 heteroatoms. The molecular formula is C22H29NO4. The van der Waals surface area contributed by atoms with Gasteiger partial charge in [-0.05, 0) is 49.1 Å². The fraction of sp³-hybridized carbons (Fsp3) is 0.409. The Morgan fingerprint density at radius 1 is 1.00 bits per heavy atom. The third kappa shape index (κ3) is 5.39. The van der Waals surface area contributed by atoms with Crippen LogP contribution in [0.4, 0.5) is 0 Å². The molecule has 1 N–H and O–H groups in total. The molecular weight excluding hydrogens is 342 g/mol. The van der Waals surface area contributed by atoms with Crippen LogP contribution in [-0.4, -0.2) is 26.2 Å². The number of ether oxygens (including phenoxy) is 3. The van der Waals surface area contributed by atoms with Gasteiger partial charge in [-0.2, -0.15) is 0 Å². The molecule has 0 spiro atoms. The van der Waals surface area contributed by atoms with Gasteiger partial charge in [0, 0.05) is 6.07 Å². The molecule has 0 bridgehead atoms. The minimum Gasteiger partial charge on any atom is -0.497 e. The van der Waals surface area contributed by atoms with Crippen LogP contribution in [0.25, 0.3) is 0 Å². The zero-order chi connectivity index (χ0) is 19.8. The SMILES string of the molecule is CC[C@@H](Oc1cccc(OC)c1)C(=O)N[C@H](CC)c1ccc(OC)c(C)c1. The lowest BCUT2D eigenvalue weighted by atomic mass is 10.0. The molecule has 0 aromatic heterocycles. The molecule has 0 aliphatic carbocycles. The van der Waals surface area contributed by atoms with Crippen LogP contribution in [0.2, 0.25) is 0 Å². The van der Waals surface area contributed by atoms with Crippen molar-refractivity contribution in [3.63, 3.8) is 0 Å². The van der Waals surface area contributed by atoms with Gasteiger partial charge in [0.1, 0.15) is 17.2 Å². The second kappa shape index (κ2) is 9.86. The summed E-state index contributed by atoms with van der Waals surface area (Å²) >= 11 is 0. The van der Waals surface area contributed by atoms with Gasteiger partial charge in [0.05, 0.1) is 20.3 Å². The van der Waals surface area contributed by atoms with Crippen LogP contribution in [0.3, 0.4) is 0 Å². The predicted octanol–water partition coefficient (Wildman–Crippen LogP) is 4.44. The summed E-state index contributed by atoms with van der Waals surface area (Å²) in [5.41, 5.74) is 2.10. The number of carbonyl (C=O) groups is 1. The Morgan fingerprint density at radius 2 is 1.74 bits per heavy atom. The Labute approximate surface area is 161 Å². The molecule has 2 aromatic carbocycles. The van der Waals surface area contributed by atoms with Crippen LogP contribution in [0.15, 0.2) is 42.5 Å². The number of hydrogen-bond acceptors (Lipinski definition) is 4. The van der Waals surface area contributed by atoms with E-state index >= 15 is 0 Å². The van der Waals surface area contributed by atoms with Gasteiger partial charge >= 0.3 is 0 Å². The summed E-state index contributed by atoms with van der Waals surface area (Å²) in [5.74, 6) is 2.03. The summed E-state index contributed by atoms with van der Waals surface area (Å²) in [6, 6.07) is 13.2. The zero-order valence-corrected chi connectivity index (χ0v) is 16.7. The van der Waals surface area contributed by atoms with E-state index in [2.05, 4.69) is 11.4 Å². The van der Waals surface area contributed by atoms with Crippen molar-refractivity contribution >= 4 is 5.91 Å². The summed E-state index contributed by atoms with van der Waals surface area (Å²) in [4.78, 5) is 12.8. The van der Waals surface area contributed by atoms with E-state index in [-0.39, 0.29) is 11.9 Å². The number of benzene rings is 2. The highest BCUT2D eigenvalue weighted by Crippen LogP contribution is 2.25. The van der Waals surface area contributed by atoms with Gasteiger partial charge in [-0.3, -0.25) is 4.79 Å². The molecule has 146 valence electrons. The zero-order valence-electron chi connectivity index (χ0n) is 16.7. The highest BCUT2D eigenvalue weighted by molar-refractivity contribution is 5.81. The lowest BCUT2D eigenvalue weighted by Crippen LogP contribution is -2.40. The average Bonchev–Trinajstić information content (AvgIpc) is 2.70. The Hall–Kier alpha value is -2.69. The Balaban J connectivity index is 2.10. The molecule has 2 atom stereocenters. The van der Waals surface area contributed by atoms with E-state index in [1.54, 1.807) is 20.3 Å². The molecule has 0 unspecified atom stereocenters. The third-order valence-corrected chi connectivity index (χ3v) is 4.53. The van der Waals surface area contributed by atoms with Crippen molar-refractivity contribution in [3.05, 3.63) is 53.6 Å². The maximum absolute atomic E-state index is 12.8. The molecule has 0 aliphatic rings. The molecule has 0 aliphatic heterocycles. The molecule has 0 radical (unpaired) electrons. The average molecular weight is 371 g/mol. The largest absolute Gasteiger partial charge is 0.497 e. The summed E-state index contributed by atoms with van der Waals surface area (Å²) < 4.78 is 16.4. The van der Waals surface area contributed by atoms with Gasteiger partial charge in [0.2, 0.25) is 0 Å². The van der Waals surface area contributed by atoms with Crippen molar-refractivity contribution in [1.82, 2.24) is 5.32 Å². The van der Waals surface area contributed by atoms with Crippen LogP contribution in [0, 0.1) is 6.92 Å². The van der Waals surface area contributed by atoms with E-state index in [1.807, 2.05) is 51.1 Å². The Bertz CT molecular complexity index is 760. The number of nitrogens with one attached hydrogen (secondary N) is 1. The number of rotatable bonds is 9. The monoisotopic (exact) mass is 371 g/mol. The van der Waals surface area contributed by atoms with E-state index in [4.69, 9.17) is 14.2 Å². The molecule has 0 fully saturated rings. The molecule has 0 saturated heterocycles. The maximum atomic E-state index is 12.8. The van der Waals surface area contributed by atoms with Crippen molar-refractivity contribution in [3.8, 4) is 17.2 Å². The van der Waals surface area contributed by atoms with Crippen LogP contribution >= 0.6 is 0 Å². The standard InChI is InChI=1S/C22H29NO4/c1-6-19(16-11-12-21(26-5)15(3)13-16)23-22(24)20(7-2)27-18-10-8-9-17(14-18)25-4/h8-14,19-20H,6-7H2,1-5H3,(H,23,24)/t19-,20-/m1/s1. The molecule has 1 amide bonds. The summed E-state index contributed by atoms with van der Waals surface area (Å²) in [6.07, 6.45) is 0.791. The first-order valence-corrected chi connectivity index (χ1v) is 9.27. The summed E-state index contributed by atoms with van der Waals surface area (Å²) in [6.45, 7) is 5.98. The Kier molecular flexibility index (Phi) is 7.53. The minimum absolute atomic E-state index is 0.0786. The number of carbonyl (C=O) groups excluding carboxylic acids is 1. The van der Waals surface area contributed by atoms with E-state index in [9.17, 15) is 4.79 Å². The van der Waals surface area contributed by atoms with E-state index in [0.29, 0.717) is 17.9 Å². The first kappa shape index (κ1) is 20.6. The van der Waals surface area contributed by atoms with E-state index < -0.39 is 6.10 Å². The predicted molar refractivity (Wildman–Crippen MR) is 107 cm³/mol. The van der Waals surface area contributed by atoms with Crippen LogP contribution in [0.1, 0.15) is 43.9 Å². The van der Waals surface area contributed by atoms with Crippen LogP contribution < -0.4 is 19.5 Å². The summed E-state index contributed by atoms with van der Waals surface area (Å²) in [5, 5.41) is 3.11. The molecule has 2 aromatic rings. The molecule has 2 rings (SSSR count). The highest BCUT2D eigenvalue weighted by Gasteiger charge is 2.22. The quantitative estimate of drug-likeness (QED) is 0.708. The van der Waals surface area contributed by atoms with E-state index in [0.717, 1.165) is 23.3 Å². The van der Waals surface area contributed by atoms with Crippen molar-refractivity contribution in [2.24, 2.45) is 0 Å². The van der Waals surface area contributed by atoms with Gasteiger partial charge in [0.15, 0.2) is 6.10 Å². The Morgan fingerprint density at radius 3 is 2.33 bits per heavy atom. The number of aryl methyl sites for hydroxylation is 1.